The van der Waals surface area contributed by atoms with Crippen molar-refractivity contribution in [2.75, 3.05) is 39.6 Å². The topological polar surface area (TPSA) is 55.4 Å². The van der Waals surface area contributed by atoms with Gasteiger partial charge in [-0.05, 0) is 38.5 Å². The monoisotopic (exact) mass is 928 g/mol. The molecule has 0 saturated carbocycles. The number of unbranched alkanes of at least 4 members (excludes halogenated alkanes) is 12. The third-order valence-electron chi connectivity index (χ3n) is 5.98. The van der Waals surface area contributed by atoms with Gasteiger partial charge >= 0.3 is 24.4 Å². The molecule has 0 aromatic carbocycles. The maximum atomic E-state index is 5.43. The average molecular weight is 930 g/mol. The predicted molar refractivity (Wildman–Crippen MR) is 224 cm³/mol. The molecule has 0 spiro atoms. The minimum absolute atomic E-state index is 0. The summed E-state index contributed by atoms with van der Waals surface area (Å²) in [5.74, 6) is 0. The van der Waals surface area contributed by atoms with E-state index in [1.165, 1.54) is 77.0 Å². The Morgan fingerprint density at radius 2 is 0.457 bits per heavy atom. The van der Waals surface area contributed by atoms with Crippen LogP contribution in [-0.4, -0.2) is 64.1 Å². The molecule has 0 aliphatic carbocycles. The van der Waals surface area contributed by atoms with Crippen LogP contribution in [0.4, 0.5) is 0 Å². The van der Waals surface area contributed by atoms with E-state index in [0.29, 0.717) is 39.6 Å². The van der Waals surface area contributed by atoms with Gasteiger partial charge in [-0.15, -0.1) is 0 Å². The summed E-state index contributed by atoms with van der Waals surface area (Å²) < 4.78 is 32.6. The largest absolute Gasteiger partial charge is 3.00 e. The fourth-order valence-electron chi connectivity index (χ4n) is 3.28. The summed E-state index contributed by atoms with van der Waals surface area (Å²) in [4.78, 5) is 0. The first-order valence-corrected chi connectivity index (χ1v) is 28.1. The standard InChI is InChI=1S/3C10H23O2PS2.Sb/c3*1-3-5-7-9-11-13(14,15)12-10-8-6-4-2;/h3*3-10H2,1-2H3,(H,14,15);/q;;;+3/p-3. The Hall–Kier alpha value is 3.58. The molecular formula is C30H66O6P3S6Sb. The molecule has 0 fully saturated rings. The van der Waals surface area contributed by atoms with E-state index in [1.54, 1.807) is 0 Å². The molecule has 0 bridgehead atoms. The van der Waals surface area contributed by atoms with Crippen LogP contribution in [0.2, 0.25) is 0 Å². The zero-order valence-electron chi connectivity index (χ0n) is 29.7. The van der Waals surface area contributed by atoms with Crippen molar-refractivity contribution >= 4 is 114 Å². The zero-order chi connectivity index (χ0) is 34.7. The van der Waals surface area contributed by atoms with Gasteiger partial charge in [-0.3, -0.25) is 0 Å². The van der Waals surface area contributed by atoms with E-state index in [-0.39, 0.29) is 24.4 Å². The third kappa shape index (κ3) is 49.7. The molecule has 0 unspecified atom stereocenters. The molecule has 46 heavy (non-hydrogen) atoms. The smallest absolute Gasteiger partial charge is 0.691 e. The van der Waals surface area contributed by atoms with Gasteiger partial charge in [0.15, 0.2) is 0 Å². The quantitative estimate of drug-likeness (QED) is 0.0298. The van der Waals surface area contributed by atoms with E-state index in [4.69, 9.17) is 99.3 Å². The van der Waals surface area contributed by atoms with Crippen LogP contribution in [0.3, 0.4) is 0 Å². The summed E-state index contributed by atoms with van der Waals surface area (Å²) in [5, 5.41) is 0. The first kappa shape index (κ1) is 56.3. The van der Waals surface area contributed by atoms with Gasteiger partial charge in [0.1, 0.15) is 0 Å². The molecule has 0 aromatic heterocycles. The molecule has 0 amide bonds. The molecule has 0 aromatic rings. The Kier molecular flexibility index (Phi) is 50.6. The average Bonchev–Trinajstić information content (AvgIpc) is 2.99. The Bertz CT molecular complexity index is 619. The van der Waals surface area contributed by atoms with Crippen molar-refractivity contribution in [3.8, 4) is 0 Å². The minimum atomic E-state index is -2.36. The van der Waals surface area contributed by atoms with E-state index in [9.17, 15) is 0 Å². The minimum Gasteiger partial charge on any atom is -0.691 e. The van der Waals surface area contributed by atoms with Crippen molar-refractivity contribution < 1.29 is 27.1 Å². The van der Waals surface area contributed by atoms with Crippen molar-refractivity contribution in [2.24, 2.45) is 0 Å². The van der Waals surface area contributed by atoms with Gasteiger partial charge in [-0.25, -0.2) is 0 Å². The Balaban J connectivity index is -0.000000285. The second-order valence-corrected chi connectivity index (χ2v) is 25.5. The van der Waals surface area contributed by atoms with Crippen molar-refractivity contribution in [3.63, 3.8) is 0 Å². The summed E-state index contributed by atoms with van der Waals surface area (Å²) in [5.41, 5.74) is -7.07. The van der Waals surface area contributed by atoms with Gasteiger partial charge in [-0.2, -0.15) is 0 Å². The molecule has 0 aliphatic rings. The summed E-state index contributed by atoms with van der Waals surface area (Å²) in [7, 11) is 0. The summed E-state index contributed by atoms with van der Waals surface area (Å²) in [6.07, 6.45) is 20.3. The van der Waals surface area contributed by atoms with Gasteiger partial charge in [0.2, 0.25) is 0 Å². The van der Waals surface area contributed by atoms with Gasteiger partial charge in [0.25, 0.3) is 0 Å². The van der Waals surface area contributed by atoms with Crippen LogP contribution in [0, 0.1) is 0 Å². The number of hydrogen-bond acceptors (Lipinski definition) is 12. The van der Waals surface area contributed by atoms with E-state index in [2.05, 4.69) is 41.5 Å². The molecule has 0 atom stereocenters. The van der Waals surface area contributed by atoms with E-state index >= 15 is 0 Å². The maximum Gasteiger partial charge on any atom is 3.00 e. The second kappa shape index (κ2) is 41.3. The SMILES string of the molecule is CCCCCOP(=S)([S-])OCCCCC.CCCCCOP(=S)([S-])OCCCCC.CCCCCOP(=S)([S-])OCCCCC.[Sb+3]. The van der Waals surface area contributed by atoms with Gasteiger partial charge in [0.05, 0.1) is 56.7 Å². The van der Waals surface area contributed by atoms with Crippen molar-refractivity contribution in [1.82, 2.24) is 0 Å². The van der Waals surface area contributed by atoms with Crippen LogP contribution in [0.1, 0.15) is 157 Å². The van der Waals surface area contributed by atoms with E-state index in [0.717, 1.165) is 38.5 Å². The van der Waals surface area contributed by atoms with Crippen molar-refractivity contribution in [1.29, 1.82) is 0 Å². The van der Waals surface area contributed by atoms with Crippen molar-refractivity contribution in [2.45, 2.75) is 157 Å². The van der Waals surface area contributed by atoms with E-state index < -0.39 is 17.1 Å². The summed E-state index contributed by atoms with van der Waals surface area (Å²) in [6.45, 7) is 16.9. The second-order valence-electron chi connectivity index (χ2n) is 10.6. The van der Waals surface area contributed by atoms with Gasteiger partial charge in [0, 0.05) is 0 Å². The van der Waals surface area contributed by atoms with Crippen LogP contribution < -0.4 is 0 Å². The van der Waals surface area contributed by atoms with Crippen LogP contribution in [0.15, 0.2) is 0 Å². The molecule has 6 nitrogen and oxygen atoms in total. The van der Waals surface area contributed by atoms with Crippen LogP contribution >= 0.6 is 17.1 Å². The molecule has 0 N–H and O–H groups in total. The molecule has 278 valence electrons. The van der Waals surface area contributed by atoms with Crippen LogP contribution in [-0.2, 0) is 99.3 Å². The Labute approximate surface area is 334 Å². The van der Waals surface area contributed by atoms with Crippen LogP contribution in [0.5, 0.6) is 0 Å². The molecule has 0 aliphatic heterocycles. The third-order valence-corrected chi connectivity index (χ3v) is 12.8. The molecule has 0 saturated heterocycles. The Morgan fingerprint density at radius 3 is 0.565 bits per heavy atom. The maximum absolute atomic E-state index is 5.43. The van der Waals surface area contributed by atoms with Gasteiger partial charge in [-0.1, -0.05) is 154 Å². The molecule has 0 heterocycles. The summed E-state index contributed by atoms with van der Waals surface area (Å²) in [6, 6.07) is 0. The molecular weight excluding hydrogens is 863 g/mol. The normalized spacial score (nSPS) is 11.7. The molecule has 0 rings (SSSR count). The molecule has 2 radical (unpaired) electrons. The fourth-order valence-corrected chi connectivity index (χ4v) is 8.31. The van der Waals surface area contributed by atoms with Crippen LogP contribution in [0.25, 0.3) is 0 Å². The van der Waals surface area contributed by atoms with E-state index in [1.807, 2.05) is 0 Å². The number of hydrogen-bond donors (Lipinski definition) is 0. The Morgan fingerprint density at radius 1 is 0.326 bits per heavy atom. The van der Waals surface area contributed by atoms with Crippen molar-refractivity contribution in [3.05, 3.63) is 0 Å². The zero-order valence-corrected chi connectivity index (χ0v) is 39.8. The predicted octanol–water partition coefficient (Wildman–Crippen LogP) is 12.1. The molecule has 16 heteroatoms. The first-order chi connectivity index (χ1) is 21.4. The summed E-state index contributed by atoms with van der Waals surface area (Å²) >= 11 is 30.7. The van der Waals surface area contributed by atoms with Gasteiger partial charge < -0.3 is 63.9 Å². The fraction of sp³-hybridized carbons (Fsp3) is 1.00. The number of rotatable bonds is 30. The first-order valence-electron chi connectivity index (χ1n) is 17.2.